The first-order chi connectivity index (χ1) is 13.0. The van der Waals surface area contributed by atoms with Gasteiger partial charge in [-0.15, -0.1) is 0 Å². The zero-order chi connectivity index (χ0) is 19.2. The standard InChI is InChI=1S/C19H21ClFN3O2S/c20-16-9-15(1-2-17(16)21)23-19(26)18(25)22-10-13-3-6-24(7-4-13)11-14-5-8-27-12-14/h1-2,5,8-9,12-13H,3-4,6-7,10-11H2,(H,22,25)(H,23,26). The fourth-order valence-corrected chi connectivity index (χ4v) is 3.91. The van der Waals surface area contributed by atoms with E-state index in [4.69, 9.17) is 11.6 Å². The lowest BCUT2D eigenvalue weighted by Gasteiger charge is -2.31. The average molecular weight is 410 g/mol. The van der Waals surface area contributed by atoms with Gasteiger partial charge in [0, 0.05) is 18.8 Å². The molecule has 8 heteroatoms. The third-order valence-corrected chi connectivity index (χ3v) is 5.65. The topological polar surface area (TPSA) is 61.4 Å². The number of halogens is 2. The summed E-state index contributed by atoms with van der Waals surface area (Å²) in [6.07, 6.45) is 1.97. The maximum Gasteiger partial charge on any atom is 0.313 e. The summed E-state index contributed by atoms with van der Waals surface area (Å²) in [6.45, 7) is 3.40. The van der Waals surface area contributed by atoms with Crippen LogP contribution in [0.2, 0.25) is 5.02 Å². The van der Waals surface area contributed by atoms with Crippen molar-refractivity contribution in [1.82, 2.24) is 10.2 Å². The van der Waals surface area contributed by atoms with Gasteiger partial charge in [-0.1, -0.05) is 11.6 Å². The van der Waals surface area contributed by atoms with E-state index < -0.39 is 17.6 Å². The van der Waals surface area contributed by atoms with Crippen molar-refractivity contribution < 1.29 is 14.0 Å². The molecule has 1 aliphatic heterocycles. The van der Waals surface area contributed by atoms with E-state index in [-0.39, 0.29) is 10.7 Å². The molecule has 0 aliphatic carbocycles. The summed E-state index contributed by atoms with van der Waals surface area (Å²) in [7, 11) is 0. The van der Waals surface area contributed by atoms with E-state index in [9.17, 15) is 14.0 Å². The van der Waals surface area contributed by atoms with Crippen molar-refractivity contribution in [1.29, 1.82) is 0 Å². The first kappa shape index (κ1) is 19.8. The number of hydrogen-bond donors (Lipinski definition) is 2. The Morgan fingerprint density at radius 2 is 2.00 bits per heavy atom. The van der Waals surface area contributed by atoms with Gasteiger partial charge in [0.05, 0.1) is 5.02 Å². The van der Waals surface area contributed by atoms with Gasteiger partial charge in [-0.25, -0.2) is 4.39 Å². The molecular formula is C19H21ClFN3O2S. The SMILES string of the molecule is O=C(NCC1CCN(Cc2ccsc2)CC1)C(=O)Nc1ccc(F)c(Cl)c1. The van der Waals surface area contributed by atoms with E-state index in [1.165, 1.54) is 17.7 Å². The van der Waals surface area contributed by atoms with Crippen LogP contribution in [-0.2, 0) is 16.1 Å². The van der Waals surface area contributed by atoms with Crippen molar-refractivity contribution in [3.8, 4) is 0 Å². The van der Waals surface area contributed by atoms with Crippen LogP contribution in [0, 0.1) is 11.7 Å². The molecule has 2 amide bonds. The number of anilines is 1. The van der Waals surface area contributed by atoms with E-state index in [1.807, 2.05) is 0 Å². The Morgan fingerprint density at radius 1 is 1.22 bits per heavy atom. The van der Waals surface area contributed by atoms with Gasteiger partial charge < -0.3 is 10.6 Å². The molecule has 1 aromatic carbocycles. The van der Waals surface area contributed by atoms with Gasteiger partial charge in [-0.2, -0.15) is 11.3 Å². The molecule has 27 heavy (non-hydrogen) atoms. The molecular weight excluding hydrogens is 389 g/mol. The summed E-state index contributed by atoms with van der Waals surface area (Å²) in [6, 6.07) is 5.91. The summed E-state index contributed by atoms with van der Waals surface area (Å²) in [5, 5.41) is 9.25. The lowest BCUT2D eigenvalue weighted by molar-refractivity contribution is -0.136. The summed E-state index contributed by atoms with van der Waals surface area (Å²) in [5.74, 6) is -1.70. The maximum atomic E-state index is 13.1. The second-order valence-corrected chi connectivity index (χ2v) is 7.83. The van der Waals surface area contributed by atoms with E-state index >= 15 is 0 Å². The van der Waals surface area contributed by atoms with Crippen LogP contribution in [0.1, 0.15) is 18.4 Å². The summed E-state index contributed by atoms with van der Waals surface area (Å²) >= 11 is 7.37. The third kappa shape index (κ3) is 5.76. The van der Waals surface area contributed by atoms with Crippen LogP contribution in [0.5, 0.6) is 0 Å². The molecule has 0 saturated carbocycles. The van der Waals surface area contributed by atoms with Gasteiger partial charge in [0.15, 0.2) is 0 Å². The molecule has 0 unspecified atom stereocenters. The Balaban J connectivity index is 1.38. The van der Waals surface area contributed by atoms with E-state index in [1.54, 1.807) is 11.3 Å². The first-order valence-corrected chi connectivity index (χ1v) is 10.1. The zero-order valence-electron chi connectivity index (χ0n) is 14.7. The number of piperidine rings is 1. The monoisotopic (exact) mass is 409 g/mol. The van der Waals surface area contributed by atoms with Crippen LogP contribution in [0.4, 0.5) is 10.1 Å². The Labute approximate surface area is 166 Å². The molecule has 144 valence electrons. The largest absolute Gasteiger partial charge is 0.348 e. The van der Waals surface area contributed by atoms with E-state index in [0.29, 0.717) is 12.5 Å². The molecule has 1 fully saturated rings. The lowest BCUT2D eigenvalue weighted by Crippen LogP contribution is -2.41. The quantitative estimate of drug-likeness (QED) is 0.743. The van der Waals surface area contributed by atoms with Gasteiger partial charge in [-0.05, 0) is 72.4 Å². The second-order valence-electron chi connectivity index (χ2n) is 6.64. The number of likely N-dealkylation sites (tertiary alicyclic amines) is 1. The number of hydrogen-bond acceptors (Lipinski definition) is 4. The predicted octanol–water partition coefficient (Wildman–Crippen LogP) is 3.51. The van der Waals surface area contributed by atoms with E-state index in [2.05, 4.69) is 32.4 Å². The highest BCUT2D eigenvalue weighted by molar-refractivity contribution is 7.07. The molecule has 0 radical (unpaired) electrons. The van der Waals surface area contributed by atoms with Crippen LogP contribution in [0.15, 0.2) is 35.0 Å². The van der Waals surface area contributed by atoms with Gasteiger partial charge in [0.25, 0.3) is 0 Å². The van der Waals surface area contributed by atoms with Crippen LogP contribution >= 0.6 is 22.9 Å². The maximum absolute atomic E-state index is 13.1. The fraction of sp³-hybridized carbons (Fsp3) is 0.368. The minimum absolute atomic E-state index is 0.109. The Hall–Kier alpha value is -1.96. The molecule has 1 saturated heterocycles. The lowest BCUT2D eigenvalue weighted by atomic mass is 9.96. The smallest absolute Gasteiger partial charge is 0.313 e. The fourth-order valence-electron chi connectivity index (χ4n) is 3.07. The second kappa shape index (κ2) is 9.30. The number of carbonyl (C=O) groups excluding carboxylic acids is 2. The van der Waals surface area contributed by atoms with Crippen LogP contribution in [0.3, 0.4) is 0 Å². The van der Waals surface area contributed by atoms with Crippen molar-refractivity contribution >= 4 is 40.4 Å². The Kier molecular flexibility index (Phi) is 6.82. The van der Waals surface area contributed by atoms with Gasteiger partial charge in [0.1, 0.15) is 5.82 Å². The van der Waals surface area contributed by atoms with Crippen molar-refractivity contribution in [2.75, 3.05) is 25.0 Å². The summed E-state index contributed by atoms with van der Waals surface area (Å²) < 4.78 is 13.1. The van der Waals surface area contributed by atoms with Crippen LogP contribution < -0.4 is 10.6 Å². The number of rotatable bonds is 5. The van der Waals surface area contributed by atoms with Crippen molar-refractivity contribution in [3.05, 3.63) is 51.4 Å². The molecule has 2 N–H and O–H groups in total. The summed E-state index contributed by atoms with van der Waals surface area (Å²) in [4.78, 5) is 26.3. The first-order valence-electron chi connectivity index (χ1n) is 8.79. The zero-order valence-corrected chi connectivity index (χ0v) is 16.3. The average Bonchev–Trinajstić information content (AvgIpc) is 3.17. The van der Waals surface area contributed by atoms with Gasteiger partial charge in [-0.3, -0.25) is 14.5 Å². The molecule has 2 aromatic rings. The van der Waals surface area contributed by atoms with Gasteiger partial charge in [0.2, 0.25) is 0 Å². The van der Waals surface area contributed by atoms with Crippen LogP contribution in [0.25, 0.3) is 0 Å². The minimum Gasteiger partial charge on any atom is -0.348 e. The highest BCUT2D eigenvalue weighted by atomic mass is 35.5. The van der Waals surface area contributed by atoms with Crippen molar-refractivity contribution in [2.45, 2.75) is 19.4 Å². The van der Waals surface area contributed by atoms with Crippen LogP contribution in [-0.4, -0.2) is 36.3 Å². The molecule has 3 rings (SSSR count). The number of nitrogens with zero attached hydrogens (tertiary/aromatic N) is 1. The molecule has 0 atom stereocenters. The summed E-state index contributed by atoms with van der Waals surface area (Å²) in [5.41, 5.74) is 1.62. The molecule has 1 aliphatic rings. The molecule has 5 nitrogen and oxygen atoms in total. The Bertz CT molecular complexity index is 792. The number of benzene rings is 1. The van der Waals surface area contributed by atoms with Crippen molar-refractivity contribution in [3.63, 3.8) is 0 Å². The normalized spacial score (nSPS) is 15.5. The molecule has 2 heterocycles. The highest BCUT2D eigenvalue weighted by Gasteiger charge is 2.21. The molecule has 1 aromatic heterocycles. The molecule has 0 bridgehead atoms. The van der Waals surface area contributed by atoms with Gasteiger partial charge >= 0.3 is 11.8 Å². The van der Waals surface area contributed by atoms with E-state index in [0.717, 1.165) is 38.5 Å². The number of carbonyl (C=O) groups is 2. The number of nitrogens with one attached hydrogen (secondary N) is 2. The Morgan fingerprint density at radius 3 is 2.67 bits per heavy atom. The third-order valence-electron chi connectivity index (χ3n) is 4.63. The van der Waals surface area contributed by atoms with Crippen molar-refractivity contribution in [2.24, 2.45) is 5.92 Å². The molecule has 0 spiro atoms. The number of amides is 2. The number of thiophene rings is 1. The highest BCUT2D eigenvalue weighted by Crippen LogP contribution is 2.20. The predicted molar refractivity (Wildman–Crippen MR) is 105 cm³/mol. The minimum atomic E-state index is -0.785.